The zero-order valence-corrected chi connectivity index (χ0v) is 9.75. The van der Waals surface area contributed by atoms with Gasteiger partial charge < -0.3 is 15.6 Å². The summed E-state index contributed by atoms with van der Waals surface area (Å²) < 4.78 is 5.19. The lowest BCUT2D eigenvalue weighted by Crippen LogP contribution is -2.51. The maximum Gasteiger partial charge on any atom is 0.327 e. The molecule has 15 heavy (non-hydrogen) atoms. The molecule has 0 bridgehead atoms. The van der Waals surface area contributed by atoms with Crippen LogP contribution in [0.5, 0.6) is 0 Å². The first-order valence-corrected chi connectivity index (χ1v) is 4.99. The molecule has 0 saturated heterocycles. The van der Waals surface area contributed by atoms with E-state index in [0.29, 0.717) is 6.42 Å². The van der Waals surface area contributed by atoms with Crippen LogP contribution >= 0.6 is 0 Å². The van der Waals surface area contributed by atoms with Crippen molar-refractivity contribution in [3.8, 4) is 0 Å². The first-order chi connectivity index (χ1) is 6.75. The van der Waals surface area contributed by atoms with E-state index in [2.05, 4.69) is 6.58 Å². The van der Waals surface area contributed by atoms with Crippen molar-refractivity contribution in [1.82, 2.24) is 0 Å². The number of hydrogen-bond acceptors (Lipinski definition) is 4. The molecule has 0 rings (SSSR count). The molecule has 0 spiro atoms. The van der Waals surface area contributed by atoms with Gasteiger partial charge in [0.1, 0.15) is 11.1 Å². The van der Waals surface area contributed by atoms with Crippen molar-refractivity contribution in [2.24, 2.45) is 5.73 Å². The first kappa shape index (κ1) is 14.1. The van der Waals surface area contributed by atoms with Crippen LogP contribution in [0.2, 0.25) is 0 Å². The van der Waals surface area contributed by atoms with Gasteiger partial charge in [-0.25, -0.2) is 0 Å². The molecule has 0 aromatic rings. The molecule has 0 radical (unpaired) electrons. The highest BCUT2D eigenvalue weighted by Gasteiger charge is 2.36. The van der Waals surface area contributed by atoms with Crippen molar-refractivity contribution >= 4 is 5.97 Å². The average Bonchev–Trinajstić information content (AvgIpc) is 2.01. The predicted octanol–water partition coefficient (Wildman–Crippen LogP) is 0.984. The van der Waals surface area contributed by atoms with Crippen LogP contribution in [0.3, 0.4) is 0 Å². The fraction of sp³-hybridized carbons (Fsp3) is 0.727. The van der Waals surface area contributed by atoms with E-state index in [9.17, 15) is 4.79 Å². The Bertz CT molecular complexity index is 232. The van der Waals surface area contributed by atoms with Gasteiger partial charge in [0, 0.05) is 6.61 Å². The summed E-state index contributed by atoms with van der Waals surface area (Å²) in [5.41, 5.74) is 4.13. The molecule has 0 fully saturated rings. The SMILES string of the molecule is C=CCC(N)(CCO)C(=O)OC(C)(C)C. The molecule has 1 unspecified atom stereocenters. The molecule has 88 valence electrons. The second kappa shape index (κ2) is 5.28. The van der Waals surface area contributed by atoms with Gasteiger partial charge in [0.15, 0.2) is 0 Å². The lowest BCUT2D eigenvalue weighted by Gasteiger charge is -2.30. The van der Waals surface area contributed by atoms with Gasteiger partial charge in [-0.05, 0) is 33.6 Å². The summed E-state index contributed by atoms with van der Waals surface area (Å²) in [6.07, 6.45) is 2.02. The van der Waals surface area contributed by atoms with Crippen molar-refractivity contribution in [3.63, 3.8) is 0 Å². The van der Waals surface area contributed by atoms with E-state index in [-0.39, 0.29) is 13.0 Å². The fourth-order valence-corrected chi connectivity index (χ4v) is 1.12. The van der Waals surface area contributed by atoms with Crippen LogP contribution in [0.4, 0.5) is 0 Å². The number of aliphatic hydroxyl groups is 1. The molecule has 0 heterocycles. The molecule has 0 saturated carbocycles. The summed E-state index contributed by atoms with van der Waals surface area (Å²) >= 11 is 0. The third-order valence-corrected chi connectivity index (χ3v) is 1.87. The van der Waals surface area contributed by atoms with Gasteiger partial charge in [-0.15, -0.1) is 6.58 Å². The molecule has 1 atom stereocenters. The van der Waals surface area contributed by atoms with E-state index in [0.717, 1.165) is 0 Å². The lowest BCUT2D eigenvalue weighted by atomic mass is 9.92. The Kier molecular flexibility index (Phi) is 4.97. The summed E-state index contributed by atoms with van der Waals surface area (Å²) in [7, 11) is 0. The Morgan fingerprint density at radius 2 is 2.07 bits per heavy atom. The molecular weight excluding hydrogens is 194 g/mol. The zero-order chi connectivity index (χ0) is 12.1. The highest BCUT2D eigenvalue weighted by atomic mass is 16.6. The second-order valence-electron chi connectivity index (χ2n) is 4.62. The van der Waals surface area contributed by atoms with E-state index in [1.807, 2.05) is 0 Å². The quantitative estimate of drug-likeness (QED) is 0.530. The molecule has 0 aromatic carbocycles. The number of ether oxygens (including phenoxy) is 1. The van der Waals surface area contributed by atoms with E-state index in [1.165, 1.54) is 0 Å². The summed E-state index contributed by atoms with van der Waals surface area (Å²) in [5.74, 6) is -0.496. The van der Waals surface area contributed by atoms with Crippen LogP contribution in [-0.2, 0) is 9.53 Å². The molecule has 4 heteroatoms. The molecular formula is C11H21NO3. The number of nitrogens with two attached hydrogens (primary N) is 1. The second-order valence-corrected chi connectivity index (χ2v) is 4.62. The largest absolute Gasteiger partial charge is 0.459 e. The molecule has 0 aliphatic rings. The van der Waals surface area contributed by atoms with Crippen molar-refractivity contribution in [3.05, 3.63) is 12.7 Å². The maximum absolute atomic E-state index is 11.8. The number of aliphatic hydroxyl groups excluding tert-OH is 1. The van der Waals surface area contributed by atoms with Gasteiger partial charge in [0.25, 0.3) is 0 Å². The van der Waals surface area contributed by atoms with Crippen LogP contribution in [0.25, 0.3) is 0 Å². The summed E-state index contributed by atoms with van der Waals surface area (Å²) in [6, 6.07) is 0. The smallest absolute Gasteiger partial charge is 0.327 e. The van der Waals surface area contributed by atoms with Crippen LogP contribution in [0.1, 0.15) is 33.6 Å². The average molecular weight is 215 g/mol. The number of rotatable bonds is 5. The van der Waals surface area contributed by atoms with Gasteiger partial charge in [0.05, 0.1) is 0 Å². The zero-order valence-electron chi connectivity index (χ0n) is 9.75. The van der Waals surface area contributed by atoms with Gasteiger partial charge in [-0.2, -0.15) is 0 Å². The van der Waals surface area contributed by atoms with E-state index in [4.69, 9.17) is 15.6 Å². The van der Waals surface area contributed by atoms with Crippen LogP contribution in [0, 0.1) is 0 Å². The van der Waals surface area contributed by atoms with Crippen LogP contribution in [-0.4, -0.2) is 28.8 Å². The summed E-state index contributed by atoms with van der Waals surface area (Å²) in [5, 5.41) is 8.85. The van der Waals surface area contributed by atoms with Crippen LogP contribution in [0.15, 0.2) is 12.7 Å². The summed E-state index contributed by atoms with van der Waals surface area (Å²) in [4.78, 5) is 11.8. The first-order valence-electron chi connectivity index (χ1n) is 4.99. The van der Waals surface area contributed by atoms with Crippen molar-refractivity contribution < 1.29 is 14.6 Å². The van der Waals surface area contributed by atoms with Gasteiger partial charge in [-0.1, -0.05) is 6.08 Å². The normalized spacial score (nSPS) is 15.5. The highest BCUT2D eigenvalue weighted by Crippen LogP contribution is 2.19. The third-order valence-electron chi connectivity index (χ3n) is 1.87. The molecule has 4 nitrogen and oxygen atoms in total. The molecule has 0 aliphatic heterocycles. The minimum atomic E-state index is -1.16. The molecule has 0 aromatic heterocycles. The number of carbonyl (C=O) groups is 1. The van der Waals surface area contributed by atoms with Crippen molar-refractivity contribution in [1.29, 1.82) is 0 Å². The Morgan fingerprint density at radius 1 is 1.53 bits per heavy atom. The monoisotopic (exact) mass is 215 g/mol. The molecule has 0 amide bonds. The van der Waals surface area contributed by atoms with Crippen molar-refractivity contribution in [2.75, 3.05) is 6.61 Å². The Labute approximate surface area is 91.1 Å². The topological polar surface area (TPSA) is 72.5 Å². The number of carbonyl (C=O) groups excluding carboxylic acids is 1. The number of esters is 1. The van der Waals surface area contributed by atoms with Crippen molar-refractivity contribution in [2.45, 2.75) is 44.8 Å². The maximum atomic E-state index is 11.8. The van der Waals surface area contributed by atoms with E-state index < -0.39 is 17.1 Å². The van der Waals surface area contributed by atoms with Gasteiger partial charge in [-0.3, -0.25) is 4.79 Å². The summed E-state index contributed by atoms with van der Waals surface area (Å²) in [6.45, 7) is 8.72. The molecule has 0 aliphatic carbocycles. The van der Waals surface area contributed by atoms with Gasteiger partial charge >= 0.3 is 5.97 Å². The lowest BCUT2D eigenvalue weighted by molar-refractivity contribution is -0.162. The predicted molar refractivity (Wildman–Crippen MR) is 59.3 cm³/mol. The minimum Gasteiger partial charge on any atom is -0.459 e. The minimum absolute atomic E-state index is 0.149. The Morgan fingerprint density at radius 3 is 2.40 bits per heavy atom. The fourth-order valence-electron chi connectivity index (χ4n) is 1.12. The molecule has 3 N–H and O–H groups in total. The van der Waals surface area contributed by atoms with Gasteiger partial charge in [0.2, 0.25) is 0 Å². The van der Waals surface area contributed by atoms with E-state index >= 15 is 0 Å². The Hall–Kier alpha value is -0.870. The third kappa shape index (κ3) is 4.95. The number of hydrogen-bond donors (Lipinski definition) is 2. The van der Waals surface area contributed by atoms with Crippen LogP contribution < -0.4 is 5.73 Å². The highest BCUT2D eigenvalue weighted by molar-refractivity contribution is 5.81. The van der Waals surface area contributed by atoms with E-state index in [1.54, 1.807) is 26.8 Å². The Balaban J connectivity index is 4.62. The standard InChI is InChI=1S/C11H21NO3/c1-5-6-11(12,7-8-13)9(14)15-10(2,3)4/h5,13H,1,6-8,12H2,2-4H3.